The Hall–Kier alpha value is -3.91. The van der Waals surface area contributed by atoms with Crippen LogP contribution in [0.15, 0.2) is 18.2 Å². The molecule has 2 aliphatic rings. The number of aromatic amines is 2. The summed E-state index contributed by atoms with van der Waals surface area (Å²) in [5, 5.41) is 0. The van der Waals surface area contributed by atoms with E-state index in [1.165, 1.54) is 49.9 Å². The van der Waals surface area contributed by atoms with Gasteiger partial charge < -0.3 is 43.3 Å². The van der Waals surface area contributed by atoms with Crippen molar-refractivity contribution in [3.8, 4) is 0 Å². The van der Waals surface area contributed by atoms with Crippen LogP contribution in [0.25, 0.3) is 33.7 Å². The van der Waals surface area contributed by atoms with Gasteiger partial charge in [-0.15, -0.1) is 0 Å². The number of aromatic nitrogens is 4. The van der Waals surface area contributed by atoms with Crippen LogP contribution in [0.1, 0.15) is 104 Å². The summed E-state index contributed by atoms with van der Waals surface area (Å²) < 4.78 is 30.3. The first kappa shape index (κ1) is 49.5. The van der Waals surface area contributed by atoms with Crippen LogP contribution in [0.4, 0.5) is 0 Å². The standard InChI is InChI=1S/C29H34N4.C11H23NO4.C7H16O3/c1-8-20-18(6)27-14-29-21(9-2)17(5)26(32-29)12-22-15(3)10-24(30-22)19(7)25-11-16(4)23(31-25)13-28(20)33-27;1-4-11(13)12(2)5-6-15-9-10-16-8-7-14-3;1-3-9-6-7-10-5-4-8-2/h11-15,32-33H,8-10H2,1-7H3;4-10H2,1-3H3;3-7H2,1-2H3. The number of H-pyrrole nitrogens is 2. The lowest BCUT2D eigenvalue weighted by Gasteiger charge is -2.15. The first-order valence-electron chi connectivity index (χ1n) is 21.4. The van der Waals surface area contributed by atoms with Gasteiger partial charge >= 0.3 is 0 Å². The third-order valence-electron chi connectivity index (χ3n) is 10.7. The van der Waals surface area contributed by atoms with Gasteiger partial charge in [0.2, 0.25) is 5.91 Å². The van der Waals surface area contributed by atoms with Crippen molar-refractivity contribution >= 4 is 39.6 Å². The molecule has 3 aromatic rings. The molecule has 1 atom stereocenters. The van der Waals surface area contributed by atoms with Crippen molar-refractivity contribution in [2.75, 3.05) is 93.9 Å². The predicted molar refractivity (Wildman–Crippen MR) is 240 cm³/mol. The van der Waals surface area contributed by atoms with Gasteiger partial charge in [-0.3, -0.25) is 9.78 Å². The number of nitrogens with zero attached hydrogens (tertiary/aromatic N) is 3. The van der Waals surface area contributed by atoms with Gasteiger partial charge in [0.25, 0.3) is 0 Å². The summed E-state index contributed by atoms with van der Waals surface area (Å²) in [6, 6.07) is 6.76. The molecule has 0 radical (unpaired) electrons. The third-order valence-corrected chi connectivity index (χ3v) is 10.7. The van der Waals surface area contributed by atoms with Gasteiger partial charge in [0, 0.05) is 80.2 Å². The molecular weight excluding hydrogens is 747 g/mol. The molecule has 1 unspecified atom stereocenters. The SMILES string of the molecule is CCC(=O)N(C)CCOCCOCCOC.CCOCCOCCOC.CCc1c(C)c2cc3[nH]c(cc4nc(c(C)c5nc(cc1[nH]2)C(C)=C5)CC4C)c(C)c3CC. The summed E-state index contributed by atoms with van der Waals surface area (Å²) in [5.41, 5.74) is 16.8. The summed E-state index contributed by atoms with van der Waals surface area (Å²) in [6.07, 6.45) is 5.68. The van der Waals surface area contributed by atoms with E-state index in [0.29, 0.717) is 78.3 Å². The van der Waals surface area contributed by atoms with E-state index in [-0.39, 0.29) is 5.91 Å². The van der Waals surface area contributed by atoms with Crippen molar-refractivity contribution in [1.82, 2.24) is 24.8 Å². The van der Waals surface area contributed by atoms with E-state index in [9.17, 15) is 4.79 Å². The van der Waals surface area contributed by atoms with Crippen LogP contribution in [0.3, 0.4) is 0 Å². The number of ether oxygens (including phenoxy) is 6. The number of nitrogens with one attached hydrogen (secondary N) is 2. The van der Waals surface area contributed by atoms with Gasteiger partial charge in [-0.2, -0.15) is 0 Å². The van der Waals surface area contributed by atoms with Crippen LogP contribution >= 0.6 is 0 Å². The highest BCUT2D eigenvalue weighted by molar-refractivity contribution is 5.85. The van der Waals surface area contributed by atoms with Crippen LogP contribution in [0, 0.1) is 20.8 Å². The minimum Gasteiger partial charge on any atom is -0.382 e. The highest BCUT2D eigenvalue weighted by Crippen LogP contribution is 2.32. The number of carbonyl (C=O) groups excluding carboxylic acids is 1. The van der Waals surface area contributed by atoms with Gasteiger partial charge in [-0.25, -0.2) is 4.98 Å². The number of methoxy groups -OCH3 is 2. The predicted octanol–water partition coefficient (Wildman–Crippen LogP) is 8.49. The van der Waals surface area contributed by atoms with Crippen LogP contribution < -0.4 is 0 Å². The second-order valence-corrected chi connectivity index (χ2v) is 14.9. The largest absolute Gasteiger partial charge is 0.382 e. The van der Waals surface area contributed by atoms with Crippen molar-refractivity contribution in [3.63, 3.8) is 0 Å². The number of aryl methyl sites for hydroxylation is 4. The van der Waals surface area contributed by atoms with E-state index < -0.39 is 0 Å². The summed E-state index contributed by atoms with van der Waals surface area (Å²) in [5.74, 6) is 0.535. The normalized spacial score (nSPS) is 13.4. The molecule has 2 aliphatic heterocycles. The molecule has 12 heteroatoms. The highest BCUT2D eigenvalue weighted by Gasteiger charge is 2.20. The van der Waals surface area contributed by atoms with Crippen LogP contribution in [0.2, 0.25) is 0 Å². The molecule has 0 fully saturated rings. The maximum absolute atomic E-state index is 11.2. The molecule has 1 amide bonds. The maximum atomic E-state index is 11.2. The van der Waals surface area contributed by atoms with E-state index in [4.69, 9.17) is 38.4 Å². The summed E-state index contributed by atoms with van der Waals surface area (Å²) in [4.78, 5) is 30.4. The van der Waals surface area contributed by atoms with Gasteiger partial charge in [-0.05, 0) is 112 Å². The van der Waals surface area contributed by atoms with Gasteiger partial charge in [0.05, 0.1) is 70.8 Å². The van der Waals surface area contributed by atoms with E-state index in [2.05, 4.69) is 82.7 Å². The Balaban J connectivity index is 0.000000298. The molecule has 5 heterocycles. The lowest BCUT2D eigenvalue weighted by molar-refractivity contribution is -0.130. The molecule has 0 spiro atoms. The Morgan fingerprint density at radius 3 is 1.76 bits per heavy atom. The minimum absolute atomic E-state index is 0.139. The number of carbonyl (C=O) groups is 1. The van der Waals surface area contributed by atoms with Crippen molar-refractivity contribution in [2.45, 2.75) is 93.9 Å². The zero-order chi connectivity index (χ0) is 43.3. The van der Waals surface area contributed by atoms with Crippen molar-refractivity contribution < 1.29 is 33.2 Å². The Labute approximate surface area is 353 Å². The molecule has 0 aliphatic carbocycles. The Bertz CT molecular complexity index is 1940. The molecule has 328 valence electrons. The smallest absolute Gasteiger partial charge is 0.222 e. The molecular formula is C47H73N5O7. The van der Waals surface area contributed by atoms with Gasteiger partial charge in [-0.1, -0.05) is 27.7 Å². The van der Waals surface area contributed by atoms with Gasteiger partial charge in [0.1, 0.15) is 0 Å². The Kier molecular flexibility index (Phi) is 22.1. The van der Waals surface area contributed by atoms with Crippen molar-refractivity contribution in [3.05, 3.63) is 68.8 Å². The zero-order valence-electron chi connectivity index (χ0n) is 38.2. The fraction of sp³-hybridized carbons (Fsp3) is 0.596. The highest BCUT2D eigenvalue weighted by atomic mass is 16.5. The number of fused-ring (bicyclic) bond motifs is 8. The van der Waals surface area contributed by atoms with Crippen molar-refractivity contribution in [1.29, 1.82) is 0 Å². The summed E-state index contributed by atoms with van der Waals surface area (Å²) in [6.45, 7) is 26.2. The fourth-order valence-electron chi connectivity index (χ4n) is 6.93. The zero-order valence-corrected chi connectivity index (χ0v) is 38.2. The monoisotopic (exact) mass is 820 g/mol. The molecule has 12 nitrogen and oxygen atoms in total. The molecule has 59 heavy (non-hydrogen) atoms. The number of hydrogen-bond donors (Lipinski definition) is 2. The molecule has 0 aromatic carbocycles. The summed E-state index contributed by atoms with van der Waals surface area (Å²) >= 11 is 0. The molecule has 8 bridgehead atoms. The molecule has 0 saturated heterocycles. The topological polar surface area (TPSA) is 133 Å². The fourth-order valence-corrected chi connectivity index (χ4v) is 6.93. The molecule has 3 aromatic heterocycles. The Morgan fingerprint density at radius 2 is 1.22 bits per heavy atom. The number of allylic oxidation sites excluding steroid dienone is 1. The first-order chi connectivity index (χ1) is 28.4. The number of rotatable bonds is 19. The molecule has 0 saturated carbocycles. The van der Waals surface area contributed by atoms with E-state index in [0.717, 1.165) is 54.2 Å². The second kappa shape index (κ2) is 26.3. The van der Waals surface area contributed by atoms with Crippen LogP contribution in [-0.4, -0.2) is 125 Å². The minimum atomic E-state index is 0.139. The summed E-state index contributed by atoms with van der Waals surface area (Å²) in [7, 11) is 5.08. The average molecular weight is 820 g/mol. The average Bonchev–Trinajstić information content (AvgIpc) is 3.96. The first-order valence-corrected chi connectivity index (χ1v) is 21.4. The molecule has 2 N–H and O–H groups in total. The van der Waals surface area contributed by atoms with Crippen LogP contribution in [0.5, 0.6) is 0 Å². The van der Waals surface area contributed by atoms with Crippen LogP contribution in [-0.2, 0) is 52.5 Å². The molecule has 5 rings (SSSR count). The van der Waals surface area contributed by atoms with E-state index >= 15 is 0 Å². The van der Waals surface area contributed by atoms with Gasteiger partial charge in [0.15, 0.2) is 0 Å². The lowest BCUT2D eigenvalue weighted by Crippen LogP contribution is -2.29. The van der Waals surface area contributed by atoms with E-state index in [1.54, 1.807) is 26.2 Å². The lowest BCUT2D eigenvalue weighted by atomic mass is 10.0. The second-order valence-electron chi connectivity index (χ2n) is 14.9. The Morgan fingerprint density at radius 1 is 0.695 bits per heavy atom. The quantitative estimate of drug-likeness (QED) is 0.114. The van der Waals surface area contributed by atoms with Crippen molar-refractivity contribution in [2.24, 2.45) is 0 Å². The maximum Gasteiger partial charge on any atom is 0.222 e. The number of hydrogen-bond acceptors (Lipinski definition) is 9. The van der Waals surface area contributed by atoms with E-state index in [1.807, 2.05) is 13.8 Å². The number of likely N-dealkylation sites (N-methyl/N-ethyl adjacent to an activating group) is 1. The number of amides is 1. The third kappa shape index (κ3) is 14.9.